The Morgan fingerprint density at radius 2 is 1.80 bits per heavy atom. The number of carbonyl (C=O) groups excluding carboxylic acids is 1. The number of ether oxygens (including phenoxy) is 1. The number of nitrogens with one attached hydrogen (secondary N) is 1. The molecule has 0 saturated heterocycles. The van der Waals surface area contributed by atoms with Gasteiger partial charge in [0.05, 0.1) is 11.5 Å². The largest absolute Gasteiger partial charge is 0.493 e. The number of hydrogen-bond acceptors (Lipinski definition) is 4. The second-order valence-corrected chi connectivity index (χ2v) is 6.05. The summed E-state index contributed by atoms with van der Waals surface area (Å²) in [4.78, 5) is 22.6. The Hall–Kier alpha value is -2.89. The quantitative estimate of drug-likeness (QED) is 0.461. The number of carbonyl (C=O) groups is 1. The SMILES string of the molecule is Cc1ccc(OCCCC(=O)Nc2ccc(C)cc2[N+](=O)[O-])c(C)c1. The zero-order chi connectivity index (χ0) is 18.4. The van der Waals surface area contributed by atoms with Gasteiger partial charge in [0.2, 0.25) is 5.91 Å². The molecule has 0 bridgehead atoms. The molecule has 0 radical (unpaired) electrons. The van der Waals surface area contributed by atoms with Crippen molar-refractivity contribution in [3.05, 3.63) is 63.2 Å². The Bertz CT molecular complexity index is 787. The van der Waals surface area contributed by atoms with Crippen molar-refractivity contribution in [2.75, 3.05) is 11.9 Å². The minimum absolute atomic E-state index is 0.0973. The molecule has 0 heterocycles. The number of anilines is 1. The van der Waals surface area contributed by atoms with Gasteiger partial charge in [-0.15, -0.1) is 0 Å². The first-order valence-corrected chi connectivity index (χ1v) is 8.12. The third-order valence-corrected chi connectivity index (χ3v) is 3.76. The molecule has 0 saturated carbocycles. The molecule has 0 aliphatic carbocycles. The summed E-state index contributed by atoms with van der Waals surface area (Å²) in [6.07, 6.45) is 0.759. The van der Waals surface area contributed by atoms with Gasteiger partial charge in [-0.3, -0.25) is 14.9 Å². The standard InChI is InChI=1S/C19H22N2O4/c1-13-7-9-18(15(3)11-13)25-10-4-5-19(22)20-16-8-6-14(2)12-17(16)21(23)24/h6-9,11-12H,4-5,10H2,1-3H3,(H,20,22). The molecule has 132 valence electrons. The van der Waals surface area contributed by atoms with E-state index in [0.29, 0.717) is 13.0 Å². The van der Waals surface area contributed by atoms with Crippen LogP contribution in [0.5, 0.6) is 5.75 Å². The van der Waals surface area contributed by atoms with Crippen LogP contribution in [-0.4, -0.2) is 17.4 Å². The lowest BCUT2D eigenvalue weighted by molar-refractivity contribution is -0.384. The van der Waals surface area contributed by atoms with Gasteiger partial charge in [-0.1, -0.05) is 23.8 Å². The van der Waals surface area contributed by atoms with Crippen LogP contribution >= 0.6 is 0 Å². The van der Waals surface area contributed by atoms with Crippen LogP contribution in [0.15, 0.2) is 36.4 Å². The lowest BCUT2D eigenvalue weighted by Gasteiger charge is -2.10. The highest BCUT2D eigenvalue weighted by Crippen LogP contribution is 2.25. The molecule has 6 nitrogen and oxygen atoms in total. The van der Waals surface area contributed by atoms with E-state index in [1.807, 2.05) is 32.0 Å². The Balaban J connectivity index is 1.84. The zero-order valence-corrected chi connectivity index (χ0v) is 14.7. The summed E-state index contributed by atoms with van der Waals surface area (Å²) in [5.41, 5.74) is 3.12. The molecule has 25 heavy (non-hydrogen) atoms. The van der Waals surface area contributed by atoms with Crippen LogP contribution in [0.25, 0.3) is 0 Å². The molecule has 1 N–H and O–H groups in total. The van der Waals surface area contributed by atoms with Crippen LogP contribution in [0.4, 0.5) is 11.4 Å². The van der Waals surface area contributed by atoms with Gasteiger partial charge in [-0.2, -0.15) is 0 Å². The molecule has 0 atom stereocenters. The van der Waals surface area contributed by atoms with E-state index in [1.54, 1.807) is 19.1 Å². The van der Waals surface area contributed by atoms with E-state index in [0.717, 1.165) is 16.9 Å². The first-order chi connectivity index (χ1) is 11.9. The van der Waals surface area contributed by atoms with Crippen LogP contribution < -0.4 is 10.1 Å². The monoisotopic (exact) mass is 342 g/mol. The molecule has 2 aromatic rings. The number of nitro groups is 1. The van der Waals surface area contributed by atoms with E-state index in [9.17, 15) is 14.9 Å². The molecule has 0 unspecified atom stereocenters. The highest BCUT2D eigenvalue weighted by Gasteiger charge is 2.15. The number of amides is 1. The first kappa shape index (κ1) is 18.4. The van der Waals surface area contributed by atoms with E-state index < -0.39 is 4.92 Å². The fourth-order valence-electron chi connectivity index (χ4n) is 2.49. The van der Waals surface area contributed by atoms with Gasteiger partial charge in [0.15, 0.2) is 0 Å². The fourth-order valence-corrected chi connectivity index (χ4v) is 2.49. The molecule has 2 aromatic carbocycles. The summed E-state index contributed by atoms with van der Waals surface area (Å²) in [5, 5.41) is 13.7. The summed E-state index contributed by atoms with van der Waals surface area (Å²) in [7, 11) is 0. The maximum Gasteiger partial charge on any atom is 0.293 e. The van der Waals surface area contributed by atoms with Crippen molar-refractivity contribution in [3.8, 4) is 5.75 Å². The molecular formula is C19H22N2O4. The highest BCUT2D eigenvalue weighted by molar-refractivity contribution is 5.93. The Kier molecular flexibility index (Phi) is 6.11. The minimum Gasteiger partial charge on any atom is -0.493 e. The zero-order valence-electron chi connectivity index (χ0n) is 14.7. The molecule has 2 rings (SSSR count). The molecule has 6 heteroatoms. The Labute approximate surface area is 147 Å². The highest BCUT2D eigenvalue weighted by atomic mass is 16.6. The summed E-state index contributed by atoms with van der Waals surface area (Å²) in [5.74, 6) is 0.538. The average molecular weight is 342 g/mol. The topological polar surface area (TPSA) is 81.5 Å². The molecule has 1 amide bonds. The lowest BCUT2D eigenvalue weighted by atomic mass is 10.1. The predicted octanol–water partition coefficient (Wildman–Crippen LogP) is 4.32. The first-order valence-electron chi connectivity index (χ1n) is 8.12. The van der Waals surface area contributed by atoms with Crippen molar-refractivity contribution < 1.29 is 14.5 Å². The summed E-state index contributed by atoms with van der Waals surface area (Å²) in [6.45, 7) is 6.17. The van der Waals surface area contributed by atoms with Crippen LogP contribution in [0, 0.1) is 30.9 Å². The molecule has 0 fully saturated rings. The summed E-state index contributed by atoms with van der Waals surface area (Å²) < 4.78 is 5.68. The number of nitro benzene ring substituents is 1. The van der Waals surface area contributed by atoms with E-state index >= 15 is 0 Å². The number of aryl methyl sites for hydroxylation is 3. The van der Waals surface area contributed by atoms with E-state index in [4.69, 9.17) is 4.74 Å². The summed E-state index contributed by atoms with van der Waals surface area (Å²) >= 11 is 0. The van der Waals surface area contributed by atoms with Crippen molar-refractivity contribution in [1.29, 1.82) is 0 Å². The van der Waals surface area contributed by atoms with Crippen molar-refractivity contribution in [3.63, 3.8) is 0 Å². The summed E-state index contributed by atoms with van der Waals surface area (Å²) in [6, 6.07) is 10.7. The maximum atomic E-state index is 12.0. The number of benzene rings is 2. The van der Waals surface area contributed by atoms with Gasteiger partial charge in [-0.05, 0) is 50.5 Å². The predicted molar refractivity (Wildman–Crippen MR) is 97.1 cm³/mol. The number of hydrogen-bond donors (Lipinski definition) is 1. The Morgan fingerprint density at radius 3 is 2.48 bits per heavy atom. The van der Waals surface area contributed by atoms with E-state index in [-0.39, 0.29) is 23.7 Å². The van der Waals surface area contributed by atoms with Crippen LogP contribution in [-0.2, 0) is 4.79 Å². The lowest BCUT2D eigenvalue weighted by Crippen LogP contribution is -2.14. The van der Waals surface area contributed by atoms with Gasteiger partial charge in [-0.25, -0.2) is 0 Å². The smallest absolute Gasteiger partial charge is 0.293 e. The van der Waals surface area contributed by atoms with E-state index in [2.05, 4.69) is 5.32 Å². The van der Waals surface area contributed by atoms with Gasteiger partial charge >= 0.3 is 0 Å². The fraction of sp³-hybridized carbons (Fsp3) is 0.316. The second kappa shape index (κ2) is 8.28. The van der Waals surface area contributed by atoms with Gasteiger partial charge in [0.25, 0.3) is 5.69 Å². The Morgan fingerprint density at radius 1 is 1.12 bits per heavy atom. The minimum atomic E-state index is -0.494. The van der Waals surface area contributed by atoms with Gasteiger partial charge in [0, 0.05) is 12.5 Å². The molecule has 0 aliphatic heterocycles. The average Bonchev–Trinajstić information content (AvgIpc) is 2.54. The van der Waals surface area contributed by atoms with Crippen LogP contribution in [0.1, 0.15) is 29.5 Å². The van der Waals surface area contributed by atoms with Crippen LogP contribution in [0.2, 0.25) is 0 Å². The van der Waals surface area contributed by atoms with Crippen molar-refractivity contribution in [2.45, 2.75) is 33.6 Å². The van der Waals surface area contributed by atoms with Crippen LogP contribution in [0.3, 0.4) is 0 Å². The maximum absolute atomic E-state index is 12.0. The second-order valence-electron chi connectivity index (χ2n) is 6.05. The van der Waals surface area contributed by atoms with Crippen molar-refractivity contribution in [2.24, 2.45) is 0 Å². The third kappa shape index (κ3) is 5.31. The molecular weight excluding hydrogens is 320 g/mol. The van der Waals surface area contributed by atoms with Gasteiger partial charge < -0.3 is 10.1 Å². The molecule has 0 aliphatic rings. The van der Waals surface area contributed by atoms with Crippen molar-refractivity contribution >= 4 is 17.3 Å². The molecule has 0 aromatic heterocycles. The molecule has 0 spiro atoms. The number of rotatable bonds is 7. The van der Waals surface area contributed by atoms with E-state index in [1.165, 1.54) is 11.6 Å². The van der Waals surface area contributed by atoms with Crippen molar-refractivity contribution in [1.82, 2.24) is 0 Å². The normalized spacial score (nSPS) is 10.4. The number of nitrogens with zero attached hydrogens (tertiary/aromatic N) is 1. The van der Waals surface area contributed by atoms with Gasteiger partial charge in [0.1, 0.15) is 11.4 Å². The third-order valence-electron chi connectivity index (χ3n) is 3.76.